The van der Waals surface area contributed by atoms with Gasteiger partial charge in [0.15, 0.2) is 0 Å². The van der Waals surface area contributed by atoms with E-state index < -0.39 is 8.16 Å². The Morgan fingerprint density at radius 3 is 1.81 bits per heavy atom. The van der Waals surface area contributed by atoms with Gasteiger partial charge in [-0.3, -0.25) is 9.65 Å². The molecule has 0 unspecified atom stereocenters. The third-order valence-corrected chi connectivity index (χ3v) is 7.08. The van der Waals surface area contributed by atoms with Gasteiger partial charge in [-0.2, -0.15) is 0 Å². The maximum Gasteiger partial charge on any atom is 0.341 e. The lowest BCUT2D eigenvalue weighted by molar-refractivity contribution is 0.637. The lowest BCUT2D eigenvalue weighted by Gasteiger charge is -2.14. The van der Waals surface area contributed by atoms with Crippen LogP contribution in [0.4, 0.5) is 5.69 Å². The van der Waals surface area contributed by atoms with Crippen molar-refractivity contribution in [1.29, 1.82) is 0 Å². The van der Waals surface area contributed by atoms with Crippen LogP contribution < -0.4 is 4.67 Å². The fraction of sp³-hybridized carbons (Fsp3) is 0.0385. The zero-order valence-corrected chi connectivity index (χ0v) is 17.8. The standard InChI is InChI=1S/C26H19N2O2P/c1-28(20-9-6-16-27-17-20)31-29-23-14-12-18-7-2-4-10-21(18)25(23)26-22-11-5-3-8-19(22)13-15-24(26)30-31/h2-17H,1H3. The van der Waals surface area contributed by atoms with Crippen molar-refractivity contribution in [2.24, 2.45) is 0 Å². The van der Waals surface area contributed by atoms with Crippen LogP contribution in [-0.2, 0) is 0 Å². The number of pyridine rings is 1. The van der Waals surface area contributed by atoms with Gasteiger partial charge in [-0.15, -0.1) is 0 Å². The number of aromatic nitrogens is 1. The van der Waals surface area contributed by atoms with Gasteiger partial charge in [0.05, 0.1) is 11.9 Å². The van der Waals surface area contributed by atoms with Gasteiger partial charge in [0.1, 0.15) is 11.2 Å². The van der Waals surface area contributed by atoms with Crippen LogP contribution >= 0.6 is 8.16 Å². The Bertz CT molecular complexity index is 1510. The first-order chi connectivity index (χ1) is 15.3. The van der Waals surface area contributed by atoms with Gasteiger partial charge in [0.2, 0.25) is 0 Å². The summed E-state index contributed by atoms with van der Waals surface area (Å²) in [4.78, 5) is 4.25. The number of hydrogen-bond acceptors (Lipinski definition) is 4. The molecule has 0 atom stereocenters. The molecule has 4 nitrogen and oxygen atoms in total. The minimum atomic E-state index is -1.43. The molecule has 2 aromatic heterocycles. The first-order valence-electron chi connectivity index (χ1n) is 10.1. The van der Waals surface area contributed by atoms with Gasteiger partial charge in [-0.1, -0.05) is 60.7 Å². The summed E-state index contributed by atoms with van der Waals surface area (Å²) in [6.07, 6.45) is 3.59. The molecule has 0 fully saturated rings. The number of nitrogens with zero attached hydrogens (tertiary/aromatic N) is 2. The van der Waals surface area contributed by atoms with Gasteiger partial charge < -0.3 is 8.39 Å². The smallest absolute Gasteiger partial charge is 0.341 e. The summed E-state index contributed by atoms with van der Waals surface area (Å²) in [6, 6.07) is 29.1. The summed E-state index contributed by atoms with van der Waals surface area (Å²) in [5.74, 6) is 0. The summed E-state index contributed by atoms with van der Waals surface area (Å²) in [5.41, 5.74) is 2.60. The predicted octanol–water partition coefficient (Wildman–Crippen LogP) is 7.89. The Morgan fingerprint density at radius 2 is 1.26 bits per heavy atom. The van der Waals surface area contributed by atoms with E-state index in [1.807, 2.05) is 30.0 Å². The van der Waals surface area contributed by atoms with E-state index in [0.29, 0.717) is 0 Å². The minimum absolute atomic E-state index is 0.829. The minimum Gasteiger partial charge on any atom is -0.404 e. The molecule has 4 aromatic carbocycles. The summed E-state index contributed by atoms with van der Waals surface area (Å²) >= 11 is 0. The fourth-order valence-electron chi connectivity index (χ4n) is 4.12. The molecule has 150 valence electrons. The fourth-order valence-corrected chi connectivity index (χ4v) is 5.35. The summed E-state index contributed by atoms with van der Waals surface area (Å²) in [5, 5.41) is 6.82. The summed E-state index contributed by atoms with van der Waals surface area (Å²) < 4.78 is 15.1. The molecule has 31 heavy (non-hydrogen) atoms. The summed E-state index contributed by atoms with van der Waals surface area (Å²) in [7, 11) is 0.555. The molecule has 5 heteroatoms. The summed E-state index contributed by atoms with van der Waals surface area (Å²) in [6.45, 7) is 0. The van der Waals surface area contributed by atoms with E-state index in [-0.39, 0.29) is 0 Å². The molecule has 0 radical (unpaired) electrons. The van der Waals surface area contributed by atoms with E-state index in [2.05, 4.69) is 77.8 Å². The van der Waals surface area contributed by atoms with Crippen LogP contribution in [0.2, 0.25) is 0 Å². The third-order valence-electron chi connectivity index (χ3n) is 5.65. The van der Waals surface area contributed by atoms with Crippen molar-refractivity contribution in [1.82, 2.24) is 4.98 Å². The van der Waals surface area contributed by atoms with Crippen molar-refractivity contribution in [2.45, 2.75) is 0 Å². The molecule has 0 saturated heterocycles. The van der Waals surface area contributed by atoms with Crippen LogP contribution in [0, 0.1) is 0 Å². The molecule has 0 bridgehead atoms. The van der Waals surface area contributed by atoms with E-state index in [1.54, 1.807) is 6.20 Å². The van der Waals surface area contributed by atoms with Gasteiger partial charge in [0, 0.05) is 24.0 Å². The van der Waals surface area contributed by atoms with Crippen molar-refractivity contribution >= 4 is 57.3 Å². The van der Waals surface area contributed by atoms with E-state index in [9.17, 15) is 0 Å². The second kappa shape index (κ2) is 7.19. The van der Waals surface area contributed by atoms with E-state index >= 15 is 0 Å². The highest BCUT2D eigenvalue weighted by molar-refractivity contribution is 7.39. The Balaban J connectivity index is 1.83. The van der Waals surface area contributed by atoms with Crippen molar-refractivity contribution in [3.8, 4) is 0 Å². The Morgan fingerprint density at radius 1 is 0.677 bits per heavy atom. The third kappa shape index (κ3) is 2.96. The molecule has 0 amide bonds. The quantitative estimate of drug-likeness (QED) is 0.284. The second-order valence-electron chi connectivity index (χ2n) is 7.47. The van der Waals surface area contributed by atoms with Gasteiger partial charge in [-0.05, 0) is 45.8 Å². The van der Waals surface area contributed by atoms with Crippen molar-refractivity contribution in [2.75, 3.05) is 11.7 Å². The highest BCUT2D eigenvalue weighted by atomic mass is 31.1. The molecule has 0 saturated carbocycles. The maximum atomic E-state index is 6.55. The average molecular weight is 422 g/mol. The van der Waals surface area contributed by atoms with Crippen LogP contribution in [0.15, 0.2) is 106 Å². The van der Waals surface area contributed by atoms with Crippen LogP contribution in [0.1, 0.15) is 0 Å². The van der Waals surface area contributed by atoms with Crippen LogP contribution in [0.25, 0.3) is 43.5 Å². The Kier molecular flexibility index (Phi) is 4.19. The molecule has 0 aliphatic carbocycles. The largest absolute Gasteiger partial charge is 0.404 e. The molecule has 6 rings (SSSR count). The van der Waals surface area contributed by atoms with E-state index in [0.717, 1.165) is 38.4 Å². The number of hydrogen-bond donors (Lipinski definition) is 0. The molecular formula is C26H19N2O2P. The second-order valence-corrected chi connectivity index (χ2v) is 8.92. The number of rotatable bonds is 2. The van der Waals surface area contributed by atoms with E-state index in [1.165, 1.54) is 10.8 Å². The molecule has 0 spiro atoms. The van der Waals surface area contributed by atoms with Crippen molar-refractivity contribution in [3.63, 3.8) is 0 Å². The average Bonchev–Trinajstić information content (AvgIpc) is 3.01. The van der Waals surface area contributed by atoms with Crippen molar-refractivity contribution in [3.05, 3.63) is 97.3 Å². The first-order valence-corrected chi connectivity index (χ1v) is 11.3. The molecule has 6 aromatic rings. The van der Waals surface area contributed by atoms with Crippen LogP contribution in [0.3, 0.4) is 0 Å². The zero-order chi connectivity index (χ0) is 20.8. The lowest BCUT2D eigenvalue weighted by Crippen LogP contribution is -2.04. The van der Waals surface area contributed by atoms with Gasteiger partial charge >= 0.3 is 8.16 Å². The molecule has 0 N–H and O–H groups in total. The highest BCUT2D eigenvalue weighted by Gasteiger charge is 2.15. The topological polar surface area (TPSA) is 42.4 Å². The molecule has 0 aliphatic rings. The SMILES string of the molecule is CN(c1cccnc1)p1oc2ccc3ccccc3c2c2c(ccc3ccccc32)o1. The zero-order valence-electron chi connectivity index (χ0n) is 16.9. The number of benzene rings is 4. The lowest BCUT2D eigenvalue weighted by atomic mass is 9.99. The monoisotopic (exact) mass is 422 g/mol. The van der Waals surface area contributed by atoms with Gasteiger partial charge in [0.25, 0.3) is 0 Å². The first kappa shape index (κ1) is 18.1. The molecule has 2 heterocycles. The van der Waals surface area contributed by atoms with Crippen LogP contribution in [0.5, 0.6) is 0 Å². The maximum absolute atomic E-state index is 6.55. The Hall–Kier alpha value is -3.75. The van der Waals surface area contributed by atoms with Gasteiger partial charge in [-0.25, -0.2) is 0 Å². The Labute approximate surface area is 180 Å². The van der Waals surface area contributed by atoms with Crippen LogP contribution in [-0.4, -0.2) is 12.0 Å². The number of anilines is 1. The van der Waals surface area contributed by atoms with Crippen molar-refractivity contribution < 1.29 is 8.39 Å². The molecular weight excluding hydrogens is 403 g/mol. The van der Waals surface area contributed by atoms with E-state index in [4.69, 9.17) is 8.39 Å². The normalized spacial score (nSPS) is 11.4. The highest BCUT2D eigenvalue weighted by Crippen LogP contribution is 2.43. The molecule has 0 aliphatic heterocycles. The number of fused-ring (bicyclic) bond motifs is 7. The predicted molar refractivity (Wildman–Crippen MR) is 129 cm³/mol.